The minimum Gasteiger partial charge on any atom is -0.496 e. The smallest absolute Gasteiger partial charge is 0.123 e. The van der Waals surface area contributed by atoms with E-state index < -0.39 is 5.60 Å². The number of methoxy groups -OCH3 is 1. The molecule has 16 heavy (non-hydrogen) atoms. The highest BCUT2D eigenvalue weighted by atomic mass is 16.5. The van der Waals surface area contributed by atoms with Gasteiger partial charge >= 0.3 is 0 Å². The van der Waals surface area contributed by atoms with Crippen molar-refractivity contribution in [3.63, 3.8) is 0 Å². The highest BCUT2D eigenvalue weighted by Crippen LogP contribution is 2.24. The molecule has 2 N–H and O–H groups in total. The molecule has 0 saturated heterocycles. The van der Waals surface area contributed by atoms with Gasteiger partial charge in [0.1, 0.15) is 5.75 Å². The van der Waals surface area contributed by atoms with Crippen LogP contribution in [0, 0.1) is 0 Å². The minimum atomic E-state index is -0.698. The summed E-state index contributed by atoms with van der Waals surface area (Å²) in [6.45, 7) is 6.18. The summed E-state index contributed by atoms with van der Waals surface area (Å²) in [5.41, 5.74) is 0.408. The molecule has 0 aliphatic rings. The summed E-state index contributed by atoms with van der Waals surface area (Å²) in [6.07, 6.45) is 0. The summed E-state index contributed by atoms with van der Waals surface area (Å²) < 4.78 is 5.30. The second-order valence-corrected chi connectivity index (χ2v) is 4.66. The van der Waals surface area contributed by atoms with Crippen LogP contribution in [0.3, 0.4) is 0 Å². The van der Waals surface area contributed by atoms with Gasteiger partial charge in [-0.3, -0.25) is 0 Å². The fraction of sp³-hybridized carbons (Fsp3) is 0.538. The van der Waals surface area contributed by atoms with Crippen molar-refractivity contribution >= 4 is 0 Å². The Morgan fingerprint density at radius 2 is 2.00 bits per heavy atom. The van der Waals surface area contributed by atoms with Crippen LogP contribution in [0.2, 0.25) is 0 Å². The molecule has 1 aromatic carbocycles. The summed E-state index contributed by atoms with van der Waals surface area (Å²) in [7, 11) is 1.67. The van der Waals surface area contributed by atoms with E-state index in [1.807, 2.05) is 24.3 Å². The normalized spacial score (nSPS) is 13.6. The molecule has 0 aromatic heterocycles. The van der Waals surface area contributed by atoms with E-state index in [-0.39, 0.29) is 6.04 Å². The van der Waals surface area contributed by atoms with Gasteiger partial charge in [0.15, 0.2) is 0 Å². The molecule has 1 aromatic rings. The van der Waals surface area contributed by atoms with E-state index in [1.54, 1.807) is 21.0 Å². The summed E-state index contributed by atoms with van der Waals surface area (Å²) in [5.74, 6) is 0.873. The lowest BCUT2D eigenvalue weighted by Crippen LogP contribution is -2.36. The summed E-state index contributed by atoms with van der Waals surface area (Å²) in [6, 6.07) is 8.06. The number of hydrogen-bond acceptors (Lipinski definition) is 3. The summed E-state index contributed by atoms with van der Waals surface area (Å²) in [5, 5.41) is 12.9. The summed E-state index contributed by atoms with van der Waals surface area (Å²) in [4.78, 5) is 0. The molecule has 0 fully saturated rings. The van der Waals surface area contributed by atoms with Gasteiger partial charge < -0.3 is 15.2 Å². The highest BCUT2D eigenvalue weighted by molar-refractivity contribution is 5.35. The molecule has 90 valence electrons. The van der Waals surface area contributed by atoms with Gasteiger partial charge in [-0.2, -0.15) is 0 Å². The van der Waals surface area contributed by atoms with Gasteiger partial charge in [-0.05, 0) is 26.8 Å². The maximum absolute atomic E-state index is 9.65. The van der Waals surface area contributed by atoms with Crippen molar-refractivity contribution in [3.05, 3.63) is 29.8 Å². The molecule has 0 saturated carbocycles. The largest absolute Gasteiger partial charge is 0.496 e. The standard InChI is InChI=1S/C13H21NO2/c1-10(14-9-13(2,3)15)11-7-5-6-8-12(11)16-4/h5-8,10,14-15H,9H2,1-4H3. The Bertz CT molecular complexity index is 331. The molecule has 0 aliphatic heterocycles. The zero-order chi connectivity index (χ0) is 12.2. The Kier molecular flexibility index (Phi) is 4.33. The van der Waals surface area contributed by atoms with Crippen LogP contribution in [-0.2, 0) is 0 Å². The molecular weight excluding hydrogens is 202 g/mol. The average molecular weight is 223 g/mol. The van der Waals surface area contributed by atoms with Crippen molar-refractivity contribution < 1.29 is 9.84 Å². The number of nitrogens with one attached hydrogen (secondary N) is 1. The molecule has 0 spiro atoms. The zero-order valence-corrected chi connectivity index (χ0v) is 10.4. The Morgan fingerprint density at radius 3 is 2.56 bits per heavy atom. The van der Waals surface area contributed by atoms with E-state index in [0.717, 1.165) is 11.3 Å². The number of aliphatic hydroxyl groups is 1. The molecule has 0 amide bonds. The van der Waals surface area contributed by atoms with Gasteiger partial charge in [-0.15, -0.1) is 0 Å². The van der Waals surface area contributed by atoms with Crippen LogP contribution in [0.4, 0.5) is 0 Å². The number of hydrogen-bond donors (Lipinski definition) is 2. The van der Waals surface area contributed by atoms with Gasteiger partial charge in [0.2, 0.25) is 0 Å². The van der Waals surface area contributed by atoms with Gasteiger partial charge in [0.25, 0.3) is 0 Å². The van der Waals surface area contributed by atoms with Crippen molar-refractivity contribution in [1.82, 2.24) is 5.32 Å². The Morgan fingerprint density at radius 1 is 1.38 bits per heavy atom. The second kappa shape index (κ2) is 5.32. The van der Waals surface area contributed by atoms with E-state index in [2.05, 4.69) is 12.2 Å². The highest BCUT2D eigenvalue weighted by Gasteiger charge is 2.16. The monoisotopic (exact) mass is 223 g/mol. The Hall–Kier alpha value is -1.06. The summed E-state index contributed by atoms with van der Waals surface area (Å²) >= 11 is 0. The molecule has 3 nitrogen and oxygen atoms in total. The van der Waals surface area contributed by atoms with Gasteiger partial charge in [0, 0.05) is 18.2 Å². The van der Waals surface area contributed by atoms with E-state index in [4.69, 9.17) is 4.74 Å². The van der Waals surface area contributed by atoms with E-state index in [1.165, 1.54) is 0 Å². The van der Waals surface area contributed by atoms with Crippen molar-refractivity contribution in [2.75, 3.05) is 13.7 Å². The maximum atomic E-state index is 9.65. The molecule has 0 bridgehead atoms. The van der Waals surface area contributed by atoms with Crippen molar-refractivity contribution in [2.24, 2.45) is 0 Å². The SMILES string of the molecule is COc1ccccc1C(C)NCC(C)(C)O. The lowest BCUT2D eigenvalue weighted by atomic mass is 10.1. The Balaban J connectivity index is 2.69. The van der Waals surface area contributed by atoms with Gasteiger partial charge in [0.05, 0.1) is 12.7 Å². The third kappa shape index (κ3) is 3.83. The van der Waals surface area contributed by atoms with Crippen molar-refractivity contribution in [3.8, 4) is 5.75 Å². The third-order valence-corrected chi connectivity index (χ3v) is 2.45. The molecule has 0 heterocycles. The molecule has 0 radical (unpaired) electrons. The third-order valence-electron chi connectivity index (χ3n) is 2.45. The van der Waals surface area contributed by atoms with Crippen LogP contribution in [0.5, 0.6) is 5.75 Å². The van der Waals surface area contributed by atoms with Gasteiger partial charge in [-0.25, -0.2) is 0 Å². The number of ether oxygens (including phenoxy) is 1. The molecule has 3 heteroatoms. The van der Waals surface area contributed by atoms with E-state index in [0.29, 0.717) is 6.54 Å². The first-order chi connectivity index (χ1) is 7.44. The topological polar surface area (TPSA) is 41.5 Å². The Labute approximate surface area is 97.4 Å². The van der Waals surface area contributed by atoms with E-state index in [9.17, 15) is 5.11 Å². The predicted octanol–water partition coefficient (Wildman–Crippen LogP) is 2.12. The lowest BCUT2D eigenvalue weighted by molar-refractivity contribution is 0.0769. The molecule has 1 atom stereocenters. The number of rotatable bonds is 5. The minimum absolute atomic E-state index is 0.155. The first-order valence-electron chi connectivity index (χ1n) is 5.53. The maximum Gasteiger partial charge on any atom is 0.123 e. The molecule has 0 aliphatic carbocycles. The average Bonchev–Trinajstić information content (AvgIpc) is 2.25. The van der Waals surface area contributed by atoms with Crippen LogP contribution < -0.4 is 10.1 Å². The quantitative estimate of drug-likeness (QED) is 0.803. The first-order valence-corrected chi connectivity index (χ1v) is 5.53. The van der Waals surface area contributed by atoms with Crippen LogP contribution in [0.25, 0.3) is 0 Å². The molecule has 1 unspecified atom stereocenters. The molecular formula is C13H21NO2. The van der Waals surface area contributed by atoms with Crippen LogP contribution in [-0.4, -0.2) is 24.4 Å². The lowest BCUT2D eigenvalue weighted by Gasteiger charge is -2.23. The van der Waals surface area contributed by atoms with Gasteiger partial charge in [-0.1, -0.05) is 18.2 Å². The van der Waals surface area contributed by atoms with Crippen molar-refractivity contribution in [2.45, 2.75) is 32.4 Å². The fourth-order valence-electron chi connectivity index (χ4n) is 1.54. The number of para-hydroxylation sites is 1. The second-order valence-electron chi connectivity index (χ2n) is 4.66. The van der Waals surface area contributed by atoms with Crippen LogP contribution in [0.15, 0.2) is 24.3 Å². The fourth-order valence-corrected chi connectivity index (χ4v) is 1.54. The van der Waals surface area contributed by atoms with Crippen molar-refractivity contribution in [1.29, 1.82) is 0 Å². The van der Waals surface area contributed by atoms with Crippen LogP contribution in [0.1, 0.15) is 32.4 Å². The van der Waals surface area contributed by atoms with Crippen LogP contribution >= 0.6 is 0 Å². The predicted molar refractivity (Wildman–Crippen MR) is 65.7 cm³/mol. The zero-order valence-electron chi connectivity index (χ0n) is 10.4. The number of benzene rings is 1. The first kappa shape index (κ1) is 13.0. The van der Waals surface area contributed by atoms with E-state index >= 15 is 0 Å². The molecule has 1 rings (SSSR count).